The van der Waals surface area contributed by atoms with Gasteiger partial charge in [-0.15, -0.1) is 0 Å². The van der Waals surface area contributed by atoms with Crippen molar-refractivity contribution in [2.75, 3.05) is 31.6 Å². The van der Waals surface area contributed by atoms with Gasteiger partial charge in [0.05, 0.1) is 30.5 Å². The summed E-state index contributed by atoms with van der Waals surface area (Å²) in [5.74, 6) is -5.17. The SMILES string of the molecule is CCN1C[C@@H]2[C@@H](C(=O)Nc3cccnc3)CO[C@@H]2C1.O=C(O)C(F)(F)F.O=C(O)C(F)(F)F. The van der Waals surface area contributed by atoms with Crippen LogP contribution >= 0.6 is 0 Å². The number of carboxylic acid groups (broad SMARTS) is 2. The zero-order chi connectivity index (χ0) is 25.4. The Morgan fingerprint density at radius 3 is 2.09 bits per heavy atom. The lowest BCUT2D eigenvalue weighted by molar-refractivity contribution is -0.193. The van der Waals surface area contributed by atoms with E-state index in [9.17, 15) is 31.1 Å². The van der Waals surface area contributed by atoms with Crippen molar-refractivity contribution in [2.45, 2.75) is 25.4 Å². The molecule has 9 nitrogen and oxygen atoms in total. The number of amides is 1. The van der Waals surface area contributed by atoms with Crippen LogP contribution in [0.25, 0.3) is 0 Å². The summed E-state index contributed by atoms with van der Waals surface area (Å²) in [5.41, 5.74) is 0.751. The highest BCUT2D eigenvalue weighted by molar-refractivity contribution is 5.93. The summed E-state index contributed by atoms with van der Waals surface area (Å²) < 4.78 is 69.2. The lowest BCUT2D eigenvalue weighted by Gasteiger charge is -2.17. The Morgan fingerprint density at radius 1 is 1.12 bits per heavy atom. The number of nitrogens with one attached hydrogen (secondary N) is 1. The molecule has 2 aliphatic heterocycles. The van der Waals surface area contributed by atoms with Crippen molar-refractivity contribution in [1.29, 1.82) is 0 Å². The van der Waals surface area contributed by atoms with Crippen LogP contribution in [0.5, 0.6) is 0 Å². The Labute approximate surface area is 183 Å². The quantitative estimate of drug-likeness (QED) is 0.552. The molecule has 1 amide bonds. The standard InChI is InChI=1S/C14H19N3O2.2C2HF3O2/c1-2-17-7-11-12(9-19-13(11)8-17)14(18)16-10-4-3-5-15-6-10;2*3-2(4,5)1(6)7/h3-6,11-13H,2,7-9H2,1H3,(H,16,18);2*(H,6,7)/t11-,12+,13-;;/m1../s1. The molecule has 3 N–H and O–H groups in total. The molecule has 3 rings (SSSR count). The van der Waals surface area contributed by atoms with Crippen LogP contribution in [-0.2, 0) is 19.1 Å². The van der Waals surface area contributed by atoms with Gasteiger partial charge >= 0.3 is 24.3 Å². The van der Waals surface area contributed by atoms with Gasteiger partial charge < -0.3 is 25.2 Å². The molecule has 186 valence electrons. The maximum atomic E-state index is 12.3. The zero-order valence-corrected chi connectivity index (χ0v) is 17.1. The van der Waals surface area contributed by atoms with E-state index in [1.54, 1.807) is 12.4 Å². The molecule has 0 radical (unpaired) electrons. The van der Waals surface area contributed by atoms with Gasteiger partial charge in [-0.1, -0.05) is 6.92 Å². The Bertz CT molecular complexity index is 781. The molecule has 0 unspecified atom stereocenters. The number of nitrogens with zero attached hydrogens (tertiary/aromatic N) is 2. The molecule has 15 heteroatoms. The van der Waals surface area contributed by atoms with Crippen LogP contribution in [0.4, 0.5) is 32.0 Å². The number of rotatable bonds is 3. The van der Waals surface area contributed by atoms with Gasteiger partial charge in [0.25, 0.3) is 0 Å². The molecular weight excluding hydrogens is 468 g/mol. The van der Waals surface area contributed by atoms with Gasteiger partial charge in [0.1, 0.15) is 0 Å². The maximum absolute atomic E-state index is 12.3. The van der Waals surface area contributed by atoms with E-state index in [0.29, 0.717) is 12.5 Å². The number of alkyl halides is 6. The van der Waals surface area contributed by atoms with E-state index in [2.05, 4.69) is 22.1 Å². The fraction of sp³-hybridized carbons (Fsp3) is 0.556. The van der Waals surface area contributed by atoms with Gasteiger partial charge in [-0.2, -0.15) is 26.3 Å². The summed E-state index contributed by atoms with van der Waals surface area (Å²) in [6.07, 6.45) is -6.58. The minimum atomic E-state index is -5.08. The number of aliphatic carboxylic acids is 2. The van der Waals surface area contributed by atoms with Crippen LogP contribution in [0.2, 0.25) is 0 Å². The van der Waals surface area contributed by atoms with Crippen LogP contribution < -0.4 is 5.32 Å². The van der Waals surface area contributed by atoms with Gasteiger partial charge in [-0.25, -0.2) is 9.59 Å². The van der Waals surface area contributed by atoms with Gasteiger partial charge in [-0.3, -0.25) is 9.78 Å². The zero-order valence-electron chi connectivity index (χ0n) is 17.1. The predicted molar refractivity (Wildman–Crippen MR) is 99.1 cm³/mol. The lowest BCUT2D eigenvalue weighted by atomic mass is 9.92. The molecule has 2 aliphatic rings. The van der Waals surface area contributed by atoms with Crippen molar-refractivity contribution in [3.8, 4) is 0 Å². The van der Waals surface area contributed by atoms with E-state index in [1.807, 2.05) is 12.1 Å². The third kappa shape index (κ3) is 9.21. The van der Waals surface area contributed by atoms with Crippen molar-refractivity contribution in [1.82, 2.24) is 9.88 Å². The summed E-state index contributed by atoms with van der Waals surface area (Å²) >= 11 is 0. The van der Waals surface area contributed by atoms with E-state index in [0.717, 1.165) is 25.3 Å². The van der Waals surface area contributed by atoms with Crippen molar-refractivity contribution in [2.24, 2.45) is 11.8 Å². The highest BCUT2D eigenvalue weighted by Gasteiger charge is 2.46. The summed E-state index contributed by atoms with van der Waals surface area (Å²) in [5, 5.41) is 17.2. The molecule has 2 saturated heterocycles. The molecule has 1 aromatic heterocycles. The number of carbonyl (C=O) groups is 3. The third-order valence-electron chi connectivity index (χ3n) is 4.59. The molecule has 3 heterocycles. The van der Waals surface area contributed by atoms with Crippen LogP contribution in [0.1, 0.15) is 6.92 Å². The van der Waals surface area contributed by atoms with E-state index < -0.39 is 24.3 Å². The number of likely N-dealkylation sites (tertiary alicyclic amines) is 1. The molecule has 33 heavy (non-hydrogen) atoms. The number of hydrogen-bond donors (Lipinski definition) is 3. The molecular formula is C18H21F6N3O6. The highest BCUT2D eigenvalue weighted by Crippen LogP contribution is 2.34. The number of pyridine rings is 1. The predicted octanol–water partition coefficient (Wildman–Crippen LogP) is 2.25. The highest BCUT2D eigenvalue weighted by atomic mass is 19.4. The molecule has 0 spiro atoms. The number of ether oxygens (including phenoxy) is 1. The van der Waals surface area contributed by atoms with Crippen molar-refractivity contribution < 1.29 is 55.7 Å². The minimum Gasteiger partial charge on any atom is -0.475 e. The first-order valence-electron chi connectivity index (χ1n) is 9.31. The second-order valence-electron chi connectivity index (χ2n) is 6.83. The number of aromatic nitrogens is 1. The molecule has 3 atom stereocenters. The number of carboxylic acids is 2. The fourth-order valence-corrected chi connectivity index (χ4v) is 2.99. The second kappa shape index (κ2) is 11.8. The average Bonchev–Trinajstić information content (AvgIpc) is 3.28. The van der Waals surface area contributed by atoms with Gasteiger partial charge in [0.15, 0.2) is 0 Å². The van der Waals surface area contributed by atoms with E-state index in [-0.39, 0.29) is 17.9 Å². The van der Waals surface area contributed by atoms with Crippen LogP contribution in [0.15, 0.2) is 24.5 Å². The van der Waals surface area contributed by atoms with Crippen molar-refractivity contribution in [3.63, 3.8) is 0 Å². The number of hydrogen-bond acceptors (Lipinski definition) is 6. The first-order valence-corrected chi connectivity index (χ1v) is 9.31. The van der Waals surface area contributed by atoms with E-state index in [4.69, 9.17) is 24.5 Å². The number of likely N-dealkylation sites (N-methyl/N-ethyl adjacent to an activating group) is 1. The summed E-state index contributed by atoms with van der Waals surface area (Å²) in [6, 6.07) is 3.67. The van der Waals surface area contributed by atoms with Crippen LogP contribution in [-0.4, -0.2) is 82.6 Å². The number of carbonyl (C=O) groups excluding carboxylic acids is 1. The number of anilines is 1. The Morgan fingerprint density at radius 2 is 1.67 bits per heavy atom. The smallest absolute Gasteiger partial charge is 0.475 e. The summed E-state index contributed by atoms with van der Waals surface area (Å²) in [6.45, 7) is 5.63. The van der Waals surface area contributed by atoms with Crippen LogP contribution in [0, 0.1) is 11.8 Å². The van der Waals surface area contributed by atoms with Gasteiger partial charge in [0, 0.05) is 25.2 Å². The molecule has 1 aromatic rings. The average molecular weight is 489 g/mol. The third-order valence-corrected chi connectivity index (χ3v) is 4.59. The maximum Gasteiger partial charge on any atom is 0.490 e. The van der Waals surface area contributed by atoms with E-state index in [1.165, 1.54) is 0 Å². The number of fused-ring (bicyclic) bond motifs is 1. The minimum absolute atomic E-state index is 0.0400. The first-order chi connectivity index (χ1) is 15.2. The monoisotopic (exact) mass is 489 g/mol. The van der Waals surface area contributed by atoms with E-state index >= 15 is 0 Å². The summed E-state index contributed by atoms with van der Waals surface area (Å²) in [7, 11) is 0. The molecule has 2 fully saturated rings. The van der Waals surface area contributed by atoms with Gasteiger partial charge in [-0.05, 0) is 18.7 Å². The largest absolute Gasteiger partial charge is 0.490 e. The normalized spacial score (nSPS) is 22.2. The second-order valence-corrected chi connectivity index (χ2v) is 6.83. The molecule has 0 saturated carbocycles. The molecule has 0 aliphatic carbocycles. The topological polar surface area (TPSA) is 129 Å². The number of halogens is 6. The fourth-order valence-electron chi connectivity index (χ4n) is 2.99. The van der Waals surface area contributed by atoms with Crippen molar-refractivity contribution in [3.05, 3.63) is 24.5 Å². The first kappa shape index (κ1) is 28.1. The summed E-state index contributed by atoms with van der Waals surface area (Å²) in [4.78, 5) is 36.5. The lowest BCUT2D eigenvalue weighted by Crippen LogP contribution is -2.31. The van der Waals surface area contributed by atoms with Crippen molar-refractivity contribution >= 4 is 23.5 Å². The van der Waals surface area contributed by atoms with Crippen LogP contribution in [0.3, 0.4) is 0 Å². The van der Waals surface area contributed by atoms with Gasteiger partial charge in [0.2, 0.25) is 5.91 Å². The Kier molecular flexibility index (Phi) is 10.0. The Hall–Kier alpha value is -2.94. The molecule has 0 aromatic carbocycles. The Balaban J connectivity index is 0.000000324. The molecule has 0 bridgehead atoms.